The standard InChI is InChI=1S/C13H18N2O3/c1-15(2)8-9-6-10(4-5-12(14)16)13(17)11(7-9)18-3/h4-7,17H,8H2,1-3H3,(H2,14,16)/b5-4+. The van der Waals surface area contributed by atoms with E-state index in [-0.39, 0.29) is 5.75 Å². The summed E-state index contributed by atoms with van der Waals surface area (Å²) in [5, 5.41) is 9.92. The fourth-order valence-corrected chi connectivity index (χ4v) is 1.60. The highest BCUT2D eigenvalue weighted by Crippen LogP contribution is 2.32. The van der Waals surface area contributed by atoms with E-state index in [9.17, 15) is 9.90 Å². The molecule has 1 rings (SSSR count). The van der Waals surface area contributed by atoms with Crippen LogP contribution >= 0.6 is 0 Å². The Labute approximate surface area is 106 Å². The molecule has 1 aromatic rings. The molecule has 0 fully saturated rings. The zero-order valence-corrected chi connectivity index (χ0v) is 10.8. The van der Waals surface area contributed by atoms with Crippen molar-refractivity contribution in [2.24, 2.45) is 5.73 Å². The number of hydrogen-bond acceptors (Lipinski definition) is 4. The van der Waals surface area contributed by atoms with Crippen LogP contribution in [-0.4, -0.2) is 37.1 Å². The molecule has 5 nitrogen and oxygen atoms in total. The number of hydrogen-bond donors (Lipinski definition) is 2. The largest absolute Gasteiger partial charge is 0.504 e. The van der Waals surface area contributed by atoms with E-state index in [4.69, 9.17) is 10.5 Å². The zero-order chi connectivity index (χ0) is 13.7. The summed E-state index contributed by atoms with van der Waals surface area (Å²) >= 11 is 0. The minimum absolute atomic E-state index is 0.00231. The van der Waals surface area contributed by atoms with Crippen molar-refractivity contribution >= 4 is 12.0 Å². The van der Waals surface area contributed by atoms with Gasteiger partial charge in [-0.1, -0.05) is 0 Å². The first-order chi connectivity index (χ1) is 8.43. The summed E-state index contributed by atoms with van der Waals surface area (Å²) < 4.78 is 5.10. The van der Waals surface area contributed by atoms with Crippen LogP contribution in [0.2, 0.25) is 0 Å². The molecular weight excluding hydrogens is 232 g/mol. The molecule has 5 heteroatoms. The number of rotatable bonds is 5. The Hall–Kier alpha value is -2.01. The van der Waals surface area contributed by atoms with Gasteiger partial charge in [-0.25, -0.2) is 0 Å². The van der Waals surface area contributed by atoms with E-state index < -0.39 is 5.91 Å². The maximum Gasteiger partial charge on any atom is 0.241 e. The second-order valence-corrected chi connectivity index (χ2v) is 4.21. The van der Waals surface area contributed by atoms with Gasteiger partial charge < -0.3 is 20.5 Å². The molecule has 0 aromatic heterocycles. The molecule has 0 heterocycles. The third-order valence-corrected chi connectivity index (χ3v) is 2.31. The molecular formula is C13H18N2O3. The maximum atomic E-state index is 10.7. The fraction of sp³-hybridized carbons (Fsp3) is 0.308. The predicted octanol–water partition coefficient (Wildman–Crippen LogP) is 0.961. The molecule has 0 aliphatic rings. The van der Waals surface area contributed by atoms with E-state index in [1.54, 1.807) is 12.1 Å². The highest BCUT2D eigenvalue weighted by Gasteiger charge is 2.09. The number of nitrogens with zero attached hydrogens (tertiary/aromatic N) is 1. The quantitative estimate of drug-likeness (QED) is 0.763. The van der Waals surface area contributed by atoms with E-state index in [1.165, 1.54) is 19.3 Å². The monoisotopic (exact) mass is 250 g/mol. The molecule has 3 N–H and O–H groups in total. The van der Waals surface area contributed by atoms with E-state index in [2.05, 4.69) is 0 Å². The van der Waals surface area contributed by atoms with Crippen molar-refractivity contribution in [1.82, 2.24) is 4.90 Å². The lowest BCUT2D eigenvalue weighted by molar-refractivity contribution is -0.113. The highest BCUT2D eigenvalue weighted by molar-refractivity contribution is 5.90. The third-order valence-electron chi connectivity index (χ3n) is 2.31. The van der Waals surface area contributed by atoms with Crippen molar-refractivity contribution in [3.8, 4) is 11.5 Å². The number of methoxy groups -OCH3 is 1. The summed E-state index contributed by atoms with van der Waals surface area (Å²) in [7, 11) is 5.37. The molecule has 0 radical (unpaired) electrons. The van der Waals surface area contributed by atoms with Crippen LogP contribution in [0, 0.1) is 0 Å². The van der Waals surface area contributed by atoms with Gasteiger partial charge in [0.2, 0.25) is 5.91 Å². The highest BCUT2D eigenvalue weighted by atomic mass is 16.5. The van der Waals surface area contributed by atoms with E-state index >= 15 is 0 Å². The van der Waals surface area contributed by atoms with Crippen LogP contribution in [0.4, 0.5) is 0 Å². The molecule has 0 saturated heterocycles. The number of carbonyl (C=O) groups is 1. The van der Waals surface area contributed by atoms with E-state index in [0.29, 0.717) is 17.9 Å². The molecule has 0 saturated carbocycles. The van der Waals surface area contributed by atoms with E-state index in [0.717, 1.165) is 5.56 Å². The fourth-order valence-electron chi connectivity index (χ4n) is 1.60. The number of amides is 1. The number of aromatic hydroxyl groups is 1. The lowest BCUT2D eigenvalue weighted by Crippen LogP contribution is -2.11. The van der Waals surface area contributed by atoms with Gasteiger partial charge in [0.25, 0.3) is 0 Å². The van der Waals surface area contributed by atoms with Crippen molar-refractivity contribution in [2.75, 3.05) is 21.2 Å². The summed E-state index contributed by atoms with van der Waals surface area (Å²) in [5.74, 6) is -0.192. The number of nitrogens with two attached hydrogens (primary N) is 1. The lowest BCUT2D eigenvalue weighted by Gasteiger charge is -2.13. The van der Waals surface area contributed by atoms with Crippen molar-refractivity contribution in [1.29, 1.82) is 0 Å². The molecule has 0 aliphatic carbocycles. The Morgan fingerprint density at radius 1 is 1.50 bits per heavy atom. The average Bonchev–Trinajstić information content (AvgIpc) is 2.28. The third kappa shape index (κ3) is 3.78. The average molecular weight is 250 g/mol. The Kier molecular flexibility index (Phi) is 4.74. The van der Waals surface area contributed by atoms with Gasteiger partial charge in [0.15, 0.2) is 11.5 Å². The van der Waals surface area contributed by atoms with Crippen LogP contribution < -0.4 is 10.5 Å². The lowest BCUT2D eigenvalue weighted by atomic mass is 10.1. The Bertz CT molecular complexity index is 468. The number of phenols is 1. The minimum atomic E-state index is -0.564. The molecule has 0 atom stereocenters. The second-order valence-electron chi connectivity index (χ2n) is 4.21. The van der Waals surface area contributed by atoms with Crippen LogP contribution in [0.15, 0.2) is 18.2 Å². The molecule has 0 bridgehead atoms. The molecule has 18 heavy (non-hydrogen) atoms. The summed E-state index contributed by atoms with van der Waals surface area (Å²) in [4.78, 5) is 12.7. The normalized spacial score (nSPS) is 11.1. The number of ether oxygens (including phenoxy) is 1. The van der Waals surface area contributed by atoms with Crippen molar-refractivity contribution in [3.63, 3.8) is 0 Å². The maximum absolute atomic E-state index is 10.7. The first-order valence-corrected chi connectivity index (χ1v) is 5.46. The van der Waals surface area contributed by atoms with Gasteiger partial charge in [0.1, 0.15) is 0 Å². The van der Waals surface area contributed by atoms with Crippen molar-refractivity contribution in [2.45, 2.75) is 6.54 Å². The summed E-state index contributed by atoms with van der Waals surface area (Å²) in [6, 6.07) is 3.55. The van der Waals surface area contributed by atoms with Gasteiger partial charge in [-0.2, -0.15) is 0 Å². The molecule has 1 amide bonds. The van der Waals surface area contributed by atoms with Crippen molar-refractivity contribution in [3.05, 3.63) is 29.3 Å². The van der Waals surface area contributed by atoms with Gasteiger partial charge in [0, 0.05) is 18.2 Å². The SMILES string of the molecule is COc1cc(CN(C)C)cc(/C=C/C(N)=O)c1O. The zero-order valence-electron chi connectivity index (χ0n) is 10.8. The smallest absolute Gasteiger partial charge is 0.241 e. The number of phenolic OH excluding ortho intramolecular Hbond substituents is 1. The van der Waals surface area contributed by atoms with Crippen LogP contribution in [0.3, 0.4) is 0 Å². The number of primary amides is 1. The molecule has 98 valence electrons. The predicted molar refractivity (Wildman–Crippen MR) is 70.3 cm³/mol. The molecule has 0 aliphatic heterocycles. The molecule has 1 aromatic carbocycles. The summed E-state index contributed by atoms with van der Waals surface area (Å²) in [6.45, 7) is 0.702. The number of carbonyl (C=O) groups excluding carboxylic acids is 1. The van der Waals surface area contributed by atoms with Crippen LogP contribution in [0.5, 0.6) is 11.5 Å². The second kappa shape index (κ2) is 6.07. The van der Waals surface area contributed by atoms with Gasteiger partial charge in [-0.15, -0.1) is 0 Å². The van der Waals surface area contributed by atoms with Gasteiger partial charge >= 0.3 is 0 Å². The topological polar surface area (TPSA) is 75.8 Å². The van der Waals surface area contributed by atoms with Crippen LogP contribution in [0.1, 0.15) is 11.1 Å². The minimum Gasteiger partial charge on any atom is -0.504 e. The summed E-state index contributed by atoms with van der Waals surface area (Å²) in [6.07, 6.45) is 2.67. The first-order valence-electron chi connectivity index (χ1n) is 5.46. The summed E-state index contributed by atoms with van der Waals surface area (Å²) in [5.41, 5.74) is 6.51. The van der Waals surface area contributed by atoms with Crippen LogP contribution in [0.25, 0.3) is 6.08 Å². The molecule has 0 spiro atoms. The first kappa shape index (κ1) is 14.1. The number of benzene rings is 1. The van der Waals surface area contributed by atoms with Crippen molar-refractivity contribution < 1.29 is 14.6 Å². The Morgan fingerprint density at radius 2 is 2.17 bits per heavy atom. The van der Waals surface area contributed by atoms with Gasteiger partial charge in [-0.05, 0) is 37.9 Å². The van der Waals surface area contributed by atoms with Crippen LogP contribution in [-0.2, 0) is 11.3 Å². The van der Waals surface area contributed by atoms with Gasteiger partial charge in [-0.3, -0.25) is 4.79 Å². The van der Waals surface area contributed by atoms with E-state index in [1.807, 2.05) is 19.0 Å². The van der Waals surface area contributed by atoms with Gasteiger partial charge in [0.05, 0.1) is 7.11 Å². The Morgan fingerprint density at radius 3 is 2.67 bits per heavy atom. The molecule has 0 unspecified atom stereocenters. The Balaban J connectivity index is 3.18.